The van der Waals surface area contributed by atoms with Crippen LogP contribution in [0.25, 0.3) is 0 Å². The van der Waals surface area contributed by atoms with E-state index in [9.17, 15) is 5.11 Å². The summed E-state index contributed by atoms with van der Waals surface area (Å²) < 4.78 is 5.32. The highest BCUT2D eigenvalue weighted by molar-refractivity contribution is 5.79. The Morgan fingerprint density at radius 2 is 1.90 bits per heavy atom. The predicted molar refractivity (Wildman–Crippen MR) is 127 cm³/mol. The van der Waals surface area contributed by atoms with Gasteiger partial charge in [0.25, 0.3) is 0 Å². The maximum atomic E-state index is 9.81. The molecule has 31 heavy (non-hydrogen) atoms. The topological polar surface area (TPSA) is 69.1 Å². The molecule has 0 bridgehead atoms. The van der Waals surface area contributed by atoms with Crippen molar-refractivity contribution in [2.24, 2.45) is 10.9 Å². The molecule has 6 heteroatoms. The van der Waals surface area contributed by atoms with E-state index in [1.807, 2.05) is 30.3 Å². The van der Waals surface area contributed by atoms with Crippen molar-refractivity contribution in [3.63, 3.8) is 0 Å². The zero-order chi connectivity index (χ0) is 22.1. The monoisotopic (exact) mass is 424 g/mol. The molecule has 0 saturated carbocycles. The van der Waals surface area contributed by atoms with E-state index in [0.29, 0.717) is 18.5 Å². The first kappa shape index (κ1) is 23.1. The maximum absolute atomic E-state index is 9.81. The van der Waals surface area contributed by atoms with Crippen molar-refractivity contribution in [3.8, 4) is 5.75 Å². The second-order valence-corrected chi connectivity index (χ2v) is 8.23. The van der Waals surface area contributed by atoms with Crippen molar-refractivity contribution >= 4 is 5.96 Å². The van der Waals surface area contributed by atoms with Gasteiger partial charge in [-0.15, -0.1) is 0 Å². The van der Waals surface area contributed by atoms with Gasteiger partial charge in [0.2, 0.25) is 0 Å². The second kappa shape index (κ2) is 11.7. The van der Waals surface area contributed by atoms with Crippen molar-refractivity contribution in [2.75, 3.05) is 47.4 Å². The van der Waals surface area contributed by atoms with E-state index in [0.717, 1.165) is 30.4 Å². The lowest BCUT2D eigenvalue weighted by Gasteiger charge is -2.40. The number of ether oxygens (including phenoxy) is 1. The summed E-state index contributed by atoms with van der Waals surface area (Å²) in [6, 6.07) is 18.9. The summed E-state index contributed by atoms with van der Waals surface area (Å²) in [5.41, 5.74) is 2.45. The fourth-order valence-corrected chi connectivity index (χ4v) is 4.48. The first-order valence-electron chi connectivity index (χ1n) is 11.1. The van der Waals surface area contributed by atoms with Gasteiger partial charge in [-0.05, 0) is 55.6 Å². The van der Waals surface area contributed by atoms with Gasteiger partial charge in [-0.25, -0.2) is 0 Å². The Balaban J connectivity index is 1.59. The molecule has 0 aliphatic carbocycles. The molecule has 3 unspecified atom stereocenters. The van der Waals surface area contributed by atoms with Gasteiger partial charge in [-0.2, -0.15) is 0 Å². The normalized spacial score (nSPS) is 20.8. The van der Waals surface area contributed by atoms with E-state index in [2.05, 4.69) is 51.8 Å². The summed E-state index contributed by atoms with van der Waals surface area (Å²) in [6.45, 7) is 2.68. The third-order valence-electron chi connectivity index (χ3n) is 6.23. The van der Waals surface area contributed by atoms with E-state index in [-0.39, 0.29) is 12.5 Å². The molecule has 3 atom stereocenters. The summed E-state index contributed by atoms with van der Waals surface area (Å²) in [5, 5.41) is 16.7. The van der Waals surface area contributed by atoms with Gasteiger partial charge < -0.3 is 20.5 Å². The molecule has 0 aromatic heterocycles. The van der Waals surface area contributed by atoms with Crippen molar-refractivity contribution < 1.29 is 9.84 Å². The standard InChI is InChI=1S/C25H36N4O2/c1-26-25(28-17-22(18-30)19-8-5-4-6-9-19)27-16-21-10-7-15-29(2)24(21)20-11-13-23(31-3)14-12-20/h4-6,8-9,11-14,21-22,24,30H,7,10,15-18H2,1-3H3,(H2,26,27,28). The summed E-state index contributed by atoms with van der Waals surface area (Å²) in [7, 11) is 5.70. The number of benzene rings is 2. The van der Waals surface area contributed by atoms with E-state index >= 15 is 0 Å². The molecule has 1 heterocycles. The van der Waals surface area contributed by atoms with Crippen molar-refractivity contribution in [1.82, 2.24) is 15.5 Å². The van der Waals surface area contributed by atoms with Gasteiger partial charge in [0, 0.05) is 32.1 Å². The van der Waals surface area contributed by atoms with Crippen molar-refractivity contribution in [1.29, 1.82) is 0 Å². The number of aliphatic hydroxyl groups is 1. The molecular formula is C25H36N4O2. The number of nitrogens with one attached hydrogen (secondary N) is 2. The number of rotatable bonds is 8. The molecule has 1 aliphatic heterocycles. The first-order chi connectivity index (χ1) is 15.2. The molecule has 1 aliphatic rings. The minimum absolute atomic E-state index is 0.0348. The van der Waals surface area contributed by atoms with Crippen LogP contribution in [-0.4, -0.2) is 63.4 Å². The molecule has 168 valence electrons. The Bertz CT molecular complexity index is 810. The SMILES string of the molecule is CN=C(NCC(CO)c1ccccc1)NCC1CCCN(C)C1c1ccc(OC)cc1. The van der Waals surface area contributed by atoms with Crippen LogP contribution in [0.4, 0.5) is 0 Å². The van der Waals surface area contributed by atoms with Crippen LogP contribution in [0.2, 0.25) is 0 Å². The number of hydrogen-bond acceptors (Lipinski definition) is 4. The van der Waals surface area contributed by atoms with Crippen molar-refractivity contribution in [2.45, 2.75) is 24.8 Å². The Hall–Kier alpha value is -2.57. The van der Waals surface area contributed by atoms with Gasteiger partial charge in [0.05, 0.1) is 13.7 Å². The molecule has 6 nitrogen and oxygen atoms in total. The molecular weight excluding hydrogens is 388 g/mol. The van der Waals surface area contributed by atoms with Crippen LogP contribution in [0, 0.1) is 5.92 Å². The van der Waals surface area contributed by atoms with E-state index in [1.165, 1.54) is 18.4 Å². The zero-order valence-corrected chi connectivity index (χ0v) is 18.9. The fraction of sp³-hybridized carbons (Fsp3) is 0.480. The number of piperidine rings is 1. The number of aliphatic imine (C=N–C) groups is 1. The summed E-state index contributed by atoms with van der Waals surface area (Å²) >= 11 is 0. The van der Waals surface area contributed by atoms with Crippen molar-refractivity contribution in [3.05, 3.63) is 65.7 Å². The van der Waals surface area contributed by atoms with Gasteiger partial charge >= 0.3 is 0 Å². The number of nitrogens with zero attached hydrogens (tertiary/aromatic N) is 2. The Kier molecular flexibility index (Phi) is 8.74. The lowest BCUT2D eigenvalue weighted by Crippen LogP contribution is -2.45. The van der Waals surface area contributed by atoms with E-state index in [1.54, 1.807) is 14.2 Å². The second-order valence-electron chi connectivity index (χ2n) is 8.23. The fourth-order valence-electron chi connectivity index (χ4n) is 4.48. The molecule has 2 aromatic carbocycles. The molecule has 1 fully saturated rings. The lowest BCUT2D eigenvalue weighted by atomic mass is 9.85. The summed E-state index contributed by atoms with van der Waals surface area (Å²) in [4.78, 5) is 6.84. The largest absolute Gasteiger partial charge is 0.497 e. The number of guanidine groups is 1. The van der Waals surface area contributed by atoms with Crippen LogP contribution in [0.3, 0.4) is 0 Å². The molecule has 0 spiro atoms. The Morgan fingerprint density at radius 1 is 1.16 bits per heavy atom. The van der Waals surface area contributed by atoms with Gasteiger partial charge in [-0.1, -0.05) is 42.5 Å². The average molecular weight is 425 g/mol. The highest BCUT2D eigenvalue weighted by atomic mass is 16.5. The zero-order valence-electron chi connectivity index (χ0n) is 18.9. The van der Waals surface area contributed by atoms with Gasteiger partial charge in [0.15, 0.2) is 5.96 Å². The highest BCUT2D eigenvalue weighted by Crippen LogP contribution is 2.35. The number of hydrogen-bond donors (Lipinski definition) is 3. The molecule has 3 rings (SSSR count). The number of likely N-dealkylation sites (tertiary alicyclic amines) is 1. The number of methoxy groups -OCH3 is 1. The molecule has 0 amide bonds. The van der Waals surface area contributed by atoms with Gasteiger partial charge in [-0.3, -0.25) is 9.89 Å². The lowest BCUT2D eigenvalue weighted by molar-refractivity contribution is 0.122. The van der Waals surface area contributed by atoms with Crippen LogP contribution in [-0.2, 0) is 0 Å². The molecule has 1 saturated heterocycles. The quantitative estimate of drug-likeness (QED) is 0.449. The predicted octanol–water partition coefficient (Wildman–Crippen LogP) is 3.02. The highest BCUT2D eigenvalue weighted by Gasteiger charge is 2.30. The first-order valence-corrected chi connectivity index (χ1v) is 11.1. The minimum Gasteiger partial charge on any atom is -0.497 e. The maximum Gasteiger partial charge on any atom is 0.191 e. The minimum atomic E-state index is 0.0348. The van der Waals surface area contributed by atoms with Crippen LogP contribution in [0.15, 0.2) is 59.6 Å². The van der Waals surface area contributed by atoms with Crippen LogP contribution in [0.1, 0.15) is 35.9 Å². The van der Waals surface area contributed by atoms with Crippen LogP contribution in [0.5, 0.6) is 5.75 Å². The van der Waals surface area contributed by atoms with E-state index in [4.69, 9.17) is 4.74 Å². The molecule has 2 aromatic rings. The Morgan fingerprint density at radius 3 is 2.55 bits per heavy atom. The molecule has 3 N–H and O–H groups in total. The number of aliphatic hydroxyl groups excluding tert-OH is 1. The van der Waals surface area contributed by atoms with Crippen LogP contribution < -0.4 is 15.4 Å². The average Bonchev–Trinajstić information content (AvgIpc) is 2.82. The molecule has 0 radical (unpaired) electrons. The van der Waals surface area contributed by atoms with Crippen LogP contribution >= 0.6 is 0 Å². The summed E-state index contributed by atoms with van der Waals surface area (Å²) in [5.74, 6) is 2.18. The van der Waals surface area contributed by atoms with Gasteiger partial charge in [0.1, 0.15) is 5.75 Å². The Labute approximate surface area is 186 Å². The summed E-state index contributed by atoms with van der Waals surface area (Å²) in [6.07, 6.45) is 2.37. The third kappa shape index (κ3) is 6.21. The van der Waals surface area contributed by atoms with E-state index < -0.39 is 0 Å². The third-order valence-corrected chi connectivity index (χ3v) is 6.23. The smallest absolute Gasteiger partial charge is 0.191 e.